The number of hydrogen-bond acceptors (Lipinski definition) is 4. The molecule has 0 saturated carbocycles. The minimum atomic E-state index is -4.07. The van der Waals surface area contributed by atoms with E-state index in [9.17, 15) is 18.0 Å². The zero-order valence-corrected chi connectivity index (χ0v) is 23.5. The molecule has 38 heavy (non-hydrogen) atoms. The van der Waals surface area contributed by atoms with E-state index in [0.29, 0.717) is 12.1 Å². The summed E-state index contributed by atoms with van der Waals surface area (Å²) in [4.78, 5) is 28.9. The largest absolute Gasteiger partial charge is 0.350 e. The summed E-state index contributed by atoms with van der Waals surface area (Å²) in [6.07, 6.45) is 0.371. The van der Waals surface area contributed by atoms with Crippen molar-refractivity contribution in [3.8, 4) is 0 Å². The molecule has 0 fully saturated rings. The summed E-state index contributed by atoms with van der Waals surface area (Å²) in [5, 5.41) is 2.98. The second-order valence-corrected chi connectivity index (χ2v) is 12.2. The average molecular weight is 536 g/mol. The molecule has 0 bridgehead atoms. The monoisotopic (exact) mass is 535 g/mol. The van der Waals surface area contributed by atoms with Crippen molar-refractivity contribution in [2.24, 2.45) is 0 Å². The van der Waals surface area contributed by atoms with Gasteiger partial charge in [0.25, 0.3) is 10.0 Å². The van der Waals surface area contributed by atoms with Gasteiger partial charge in [0.2, 0.25) is 11.8 Å². The molecule has 0 unspecified atom stereocenters. The highest BCUT2D eigenvalue weighted by molar-refractivity contribution is 7.92. The summed E-state index contributed by atoms with van der Waals surface area (Å²) < 4.78 is 28.7. The number of nitrogens with one attached hydrogen (secondary N) is 1. The van der Waals surface area contributed by atoms with Crippen LogP contribution in [0.4, 0.5) is 5.69 Å². The molecule has 1 atom stereocenters. The van der Waals surface area contributed by atoms with Crippen LogP contribution in [0.3, 0.4) is 0 Å². The molecule has 8 heteroatoms. The van der Waals surface area contributed by atoms with Crippen LogP contribution in [0.2, 0.25) is 0 Å². The van der Waals surface area contributed by atoms with Crippen molar-refractivity contribution in [3.05, 3.63) is 96.1 Å². The minimum absolute atomic E-state index is 0.0847. The molecule has 3 rings (SSSR count). The van der Waals surface area contributed by atoms with E-state index in [2.05, 4.69) is 5.32 Å². The highest BCUT2D eigenvalue weighted by Gasteiger charge is 2.34. The first kappa shape index (κ1) is 28.9. The molecule has 0 aliphatic heterocycles. The summed E-state index contributed by atoms with van der Waals surface area (Å²) >= 11 is 0. The van der Waals surface area contributed by atoms with Gasteiger partial charge in [-0.15, -0.1) is 0 Å². The number of amides is 2. The van der Waals surface area contributed by atoms with Crippen molar-refractivity contribution in [1.82, 2.24) is 10.2 Å². The summed E-state index contributed by atoms with van der Waals surface area (Å²) in [6.45, 7) is 9.07. The van der Waals surface area contributed by atoms with Crippen LogP contribution in [0.1, 0.15) is 45.2 Å². The van der Waals surface area contributed by atoms with Gasteiger partial charge in [-0.2, -0.15) is 0 Å². The standard InChI is InChI=1S/C30H37N3O4S/c1-6-27(29(35)31-30(3,4)5)32(21-24-15-9-7-10-16-24)28(34)22-33(25-17-13-14-23(2)20-25)38(36,37)26-18-11-8-12-19-26/h7-20,27H,6,21-22H2,1-5H3,(H,31,35)/t27-/m0/s1. The van der Waals surface area contributed by atoms with Gasteiger partial charge in [0.15, 0.2) is 0 Å². The van der Waals surface area contributed by atoms with Crippen molar-refractivity contribution in [1.29, 1.82) is 0 Å². The SMILES string of the molecule is CC[C@@H](C(=O)NC(C)(C)C)N(Cc1ccccc1)C(=O)CN(c1cccc(C)c1)S(=O)(=O)c1ccccc1. The van der Waals surface area contributed by atoms with Crippen LogP contribution >= 0.6 is 0 Å². The number of nitrogens with zero attached hydrogens (tertiary/aromatic N) is 2. The lowest BCUT2D eigenvalue weighted by atomic mass is 10.1. The van der Waals surface area contributed by atoms with E-state index in [1.165, 1.54) is 17.0 Å². The highest BCUT2D eigenvalue weighted by atomic mass is 32.2. The smallest absolute Gasteiger partial charge is 0.264 e. The van der Waals surface area contributed by atoms with Gasteiger partial charge >= 0.3 is 0 Å². The van der Waals surface area contributed by atoms with E-state index in [1.807, 2.05) is 71.0 Å². The molecular weight excluding hydrogens is 498 g/mol. The third kappa shape index (κ3) is 7.44. The summed E-state index contributed by atoms with van der Waals surface area (Å²) in [7, 11) is -4.07. The van der Waals surface area contributed by atoms with E-state index in [1.54, 1.807) is 36.4 Å². The van der Waals surface area contributed by atoms with Crippen LogP contribution in [0.5, 0.6) is 0 Å². The number of hydrogen-bond donors (Lipinski definition) is 1. The minimum Gasteiger partial charge on any atom is -0.350 e. The molecule has 0 aliphatic rings. The molecule has 2 amide bonds. The zero-order valence-electron chi connectivity index (χ0n) is 22.7. The number of rotatable bonds is 10. The Morgan fingerprint density at radius 2 is 1.50 bits per heavy atom. The van der Waals surface area contributed by atoms with Gasteiger partial charge in [-0.1, -0.05) is 67.6 Å². The predicted octanol–water partition coefficient (Wildman–Crippen LogP) is 4.91. The quantitative estimate of drug-likeness (QED) is 0.400. The Hall–Kier alpha value is -3.65. The molecule has 0 radical (unpaired) electrons. The van der Waals surface area contributed by atoms with Crippen LogP contribution in [-0.2, 0) is 26.2 Å². The lowest BCUT2D eigenvalue weighted by Gasteiger charge is -2.34. The van der Waals surface area contributed by atoms with Gasteiger partial charge in [-0.25, -0.2) is 8.42 Å². The Morgan fingerprint density at radius 3 is 2.05 bits per heavy atom. The van der Waals surface area contributed by atoms with E-state index >= 15 is 0 Å². The highest BCUT2D eigenvalue weighted by Crippen LogP contribution is 2.25. The van der Waals surface area contributed by atoms with E-state index in [4.69, 9.17) is 0 Å². The average Bonchev–Trinajstić information content (AvgIpc) is 2.87. The molecule has 0 spiro atoms. The first-order chi connectivity index (χ1) is 17.9. The van der Waals surface area contributed by atoms with Crippen molar-refractivity contribution in [2.75, 3.05) is 10.8 Å². The normalized spacial score (nSPS) is 12.4. The molecule has 1 N–H and O–H groups in total. The molecular formula is C30H37N3O4S. The van der Waals surface area contributed by atoms with Crippen molar-refractivity contribution in [3.63, 3.8) is 0 Å². The third-order valence-corrected chi connectivity index (χ3v) is 7.77. The van der Waals surface area contributed by atoms with E-state index in [-0.39, 0.29) is 17.3 Å². The predicted molar refractivity (Wildman–Crippen MR) is 151 cm³/mol. The van der Waals surface area contributed by atoms with Crippen LogP contribution in [0.25, 0.3) is 0 Å². The lowest BCUT2D eigenvalue weighted by molar-refractivity contribution is -0.141. The lowest BCUT2D eigenvalue weighted by Crippen LogP contribution is -2.55. The molecule has 0 aromatic heterocycles. The number of sulfonamides is 1. The molecule has 3 aromatic rings. The number of carbonyl (C=O) groups is 2. The summed E-state index contributed by atoms with van der Waals surface area (Å²) in [6, 6.07) is 23.7. The maximum atomic E-state index is 14.0. The molecule has 7 nitrogen and oxygen atoms in total. The maximum absolute atomic E-state index is 14.0. The van der Waals surface area contributed by atoms with E-state index in [0.717, 1.165) is 15.4 Å². The Bertz CT molecular complexity index is 1340. The van der Waals surface area contributed by atoms with E-state index < -0.39 is 34.1 Å². The van der Waals surface area contributed by atoms with Crippen LogP contribution in [0.15, 0.2) is 89.8 Å². The molecule has 202 valence electrons. The van der Waals surface area contributed by atoms with Crippen molar-refractivity contribution < 1.29 is 18.0 Å². The molecule has 0 aliphatic carbocycles. The van der Waals surface area contributed by atoms with Crippen LogP contribution < -0.4 is 9.62 Å². The fourth-order valence-electron chi connectivity index (χ4n) is 4.18. The fraction of sp³-hybridized carbons (Fsp3) is 0.333. The van der Waals surface area contributed by atoms with Gasteiger partial charge in [-0.05, 0) is 69.5 Å². The first-order valence-corrected chi connectivity index (χ1v) is 14.2. The number of anilines is 1. The van der Waals surface area contributed by atoms with Gasteiger partial charge in [-0.3, -0.25) is 13.9 Å². The van der Waals surface area contributed by atoms with Crippen molar-refractivity contribution in [2.45, 2.75) is 64.1 Å². The molecule has 0 heterocycles. The van der Waals surface area contributed by atoms with Gasteiger partial charge < -0.3 is 10.2 Å². The Labute approximate surface area is 226 Å². The second-order valence-electron chi connectivity index (χ2n) is 10.3. The number of carbonyl (C=O) groups excluding carboxylic acids is 2. The van der Waals surface area contributed by atoms with Crippen LogP contribution in [-0.4, -0.2) is 43.3 Å². The van der Waals surface area contributed by atoms with Gasteiger partial charge in [0, 0.05) is 12.1 Å². The maximum Gasteiger partial charge on any atom is 0.264 e. The number of benzene rings is 3. The third-order valence-electron chi connectivity index (χ3n) is 5.98. The fourth-order valence-corrected chi connectivity index (χ4v) is 5.61. The molecule has 3 aromatic carbocycles. The summed E-state index contributed by atoms with van der Waals surface area (Å²) in [5.74, 6) is -0.747. The van der Waals surface area contributed by atoms with Crippen LogP contribution in [0, 0.1) is 6.92 Å². The molecule has 0 saturated heterocycles. The number of aryl methyl sites for hydroxylation is 1. The first-order valence-electron chi connectivity index (χ1n) is 12.7. The summed E-state index contributed by atoms with van der Waals surface area (Å²) in [5.41, 5.74) is 1.60. The zero-order chi connectivity index (χ0) is 27.9. The Kier molecular flexibility index (Phi) is 9.33. The Balaban J connectivity index is 2.05. The topological polar surface area (TPSA) is 86.8 Å². The second kappa shape index (κ2) is 12.3. The van der Waals surface area contributed by atoms with Gasteiger partial charge in [0.1, 0.15) is 12.6 Å². The Morgan fingerprint density at radius 1 is 0.895 bits per heavy atom. The van der Waals surface area contributed by atoms with Gasteiger partial charge in [0.05, 0.1) is 10.6 Å². The van der Waals surface area contributed by atoms with Crippen molar-refractivity contribution >= 4 is 27.5 Å².